The minimum atomic E-state index is -0.0581. The number of rotatable bonds is 0. The van der Waals surface area contributed by atoms with Crippen LogP contribution >= 0.6 is 0 Å². The minimum absolute atomic E-state index is 0.0453. The summed E-state index contributed by atoms with van der Waals surface area (Å²) in [5.74, 6) is 0.195. The lowest BCUT2D eigenvalue weighted by atomic mass is 9.84. The van der Waals surface area contributed by atoms with Gasteiger partial charge in [0.1, 0.15) is 5.75 Å². The van der Waals surface area contributed by atoms with Crippen LogP contribution in [0.3, 0.4) is 0 Å². The molecule has 0 bridgehead atoms. The molecule has 1 unspecified atom stereocenters. The summed E-state index contributed by atoms with van der Waals surface area (Å²) in [6, 6.07) is 9.14. The Bertz CT molecular complexity index is 726. The summed E-state index contributed by atoms with van der Waals surface area (Å²) in [5, 5.41) is 29.1. The van der Waals surface area contributed by atoms with E-state index in [1.54, 1.807) is 18.2 Å². The summed E-state index contributed by atoms with van der Waals surface area (Å²) in [6.07, 6.45) is 1.70. The summed E-state index contributed by atoms with van der Waals surface area (Å²) in [4.78, 5) is 2.40. The number of benzene rings is 2. The first-order chi connectivity index (χ1) is 10.1. The molecule has 0 spiro atoms. The SMILES string of the molecule is Oc1ccc2c(c1)CC1c3cc(O)c(O)cc3CCN1C2. The maximum atomic E-state index is 9.80. The molecule has 4 heteroatoms. The van der Waals surface area contributed by atoms with Crippen molar-refractivity contribution in [2.24, 2.45) is 0 Å². The Morgan fingerprint density at radius 2 is 1.71 bits per heavy atom. The first-order valence-corrected chi connectivity index (χ1v) is 7.21. The van der Waals surface area contributed by atoms with Gasteiger partial charge < -0.3 is 15.3 Å². The Labute approximate surface area is 122 Å². The molecule has 21 heavy (non-hydrogen) atoms. The highest BCUT2D eigenvalue weighted by Crippen LogP contribution is 2.42. The van der Waals surface area contributed by atoms with Gasteiger partial charge in [0.15, 0.2) is 11.5 Å². The molecule has 2 aromatic carbocycles. The summed E-state index contributed by atoms with van der Waals surface area (Å²) in [6.45, 7) is 1.81. The predicted octanol–water partition coefficient (Wildman–Crippen LogP) is 2.46. The van der Waals surface area contributed by atoms with E-state index in [1.165, 1.54) is 5.56 Å². The Morgan fingerprint density at radius 3 is 2.57 bits per heavy atom. The van der Waals surface area contributed by atoms with Crippen molar-refractivity contribution < 1.29 is 15.3 Å². The van der Waals surface area contributed by atoms with Crippen molar-refractivity contribution in [3.63, 3.8) is 0 Å². The van der Waals surface area contributed by atoms with Crippen LogP contribution in [-0.2, 0) is 19.4 Å². The molecule has 2 aliphatic rings. The van der Waals surface area contributed by atoms with Gasteiger partial charge in [-0.25, -0.2) is 0 Å². The van der Waals surface area contributed by atoms with E-state index < -0.39 is 0 Å². The molecule has 0 saturated heterocycles. The van der Waals surface area contributed by atoms with Gasteiger partial charge in [0.05, 0.1) is 0 Å². The Hall–Kier alpha value is -2.20. The lowest BCUT2D eigenvalue weighted by molar-refractivity contribution is 0.160. The number of aromatic hydroxyl groups is 3. The highest BCUT2D eigenvalue weighted by atomic mass is 16.3. The second-order valence-corrected chi connectivity index (χ2v) is 5.93. The largest absolute Gasteiger partial charge is 0.508 e. The lowest BCUT2D eigenvalue weighted by Gasteiger charge is -2.41. The van der Waals surface area contributed by atoms with E-state index in [2.05, 4.69) is 4.90 Å². The Kier molecular flexibility index (Phi) is 2.62. The van der Waals surface area contributed by atoms with Crippen LogP contribution in [0, 0.1) is 0 Å². The van der Waals surface area contributed by atoms with Gasteiger partial charge in [-0.3, -0.25) is 4.90 Å². The van der Waals surface area contributed by atoms with Crippen LogP contribution in [0.5, 0.6) is 17.2 Å². The zero-order valence-electron chi connectivity index (χ0n) is 11.6. The summed E-state index contributed by atoms with van der Waals surface area (Å²) in [7, 11) is 0. The van der Waals surface area contributed by atoms with Gasteiger partial charge in [0, 0.05) is 19.1 Å². The van der Waals surface area contributed by atoms with Gasteiger partial charge in [-0.2, -0.15) is 0 Å². The molecule has 3 N–H and O–H groups in total. The van der Waals surface area contributed by atoms with E-state index in [1.807, 2.05) is 12.1 Å². The van der Waals surface area contributed by atoms with Crippen molar-refractivity contribution >= 4 is 0 Å². The number of phenols is 3. The quantitative estimate of drug-likeness (QED) is 0.650. The van der Waals surface area contributed by atoms with Gasteiger partial charge >= 0.3 is 0 Å². The molecule has 0 fully saturated rings. The van der Waals surface area contributed by atoms with Crippen molar-refractivity contribution in [2.75, 3.05) is 6.54 Å². The lowest BCUT2D eigenvalue weighted by Crippen LogP contribution is -2.39. The topological polar surface area (TPSA) is 63.9 Å². The van der Waals surface area contributed by atoms with Crippen LogP contribution in [0.15, 0.2) is 30.3 Å². The van der Waals surface area contributed by atoms with Gasteiger partial charge in [-0.1, -0.05) is 6.07 Å². The first-order valence-electron chi connectivity index (χ1n) is 7.21. The van der Waals surface area contributed by atoms with E-state index in [0.29, 0.717) is 5.75 Å². The third-order valence-corrected chi connectivity index (χ3v) is 4.68. The molecule has 0 aromatic heterocycles. The van der Waals surface area contributed by atoms with Crippen molar-refractivity contribution in [3.8, 4) is 17.2 Å². The molecule has 2 heterocycles. The van der Waals surface area contributed by atoms with Crippen molar-refractivity contribution in [3.05, 3.63) is 52.6 Å². The van der Waals surface area contributed by atoms with Crippen LogP contribution in [-0.4, -0.2) is 26.8 Å². The molecule has 1 atom stereocenters. The summed E-state index contributed by atoms with van der Waals surface area (Å²) in [5.41, 5.74) is 4.62. The second-order valence-electron chi connectivity index (χ2n) is 5.93. The van der Waals surface area contributed by atoms with E-state index in [4.69, 9.17) is 0 Å². The molecule has 0 saturated carbocycles. The monoisotopic (exact) mass is 283 g/mol. The van der Waals surface area contributed by atoms with Crippen LogP contribution < -0.4 is 0 Å². The molecular formula is C17H17NO3. The van der Waals surface area contributed by atoms with Crippen LogP contribution in [0.4, 0.5) is 0 Å². The fraction of sp³-hybridized carbons (Fsp3) is 0.294. The zero-order valence-corrected chi connectivity index (χ0v) is 11.6. The highest BCUT2D eigenvalue weighted by Gasteiger charge is 2.32. The average Bonchev–Trinajstić information content (AvgIpc) is 2.47. The predicted molar refractivity (Wildman–Crippen MR) is 78.4 cm³/mol. The number of hydrogen-bond donors (Lipinski definition) is 3. The van der Waals surface area contributed by atoms with Crippen LogP contribution in [0.25, 0.3) is 0 Å². The molecule has 0 radical (unpaired) electrons. The molecule has 4 rings (SSSR count). The van der Waals surface area contributed by atoms with Crippen LogP contribution in [0.1, 0.15) is 28.3 Å². The Morgan fingerprint density at radius 1 is 0.905 bits per heavy atom. The van der Waals surface area contributed by atoms with Gasteiger partial charge in [0.25, 0.3) is 0 Å². The number of phenolic OH excluding ortho intramolecular Hbond substituents is 3. The maximum absolute atomic E-state index is 9.80. The molecule has 0 aliphatic carbocycles. The number of hydrogen-bond acceptors (Lipinski definition) is 4. The van der Waals surface area contributed by atoms with E-state index in [0.717, 1.165) is 42.6 Å². The fourth-order valence-electron chi connectivity index (χ4n) is 3.59. The molecule has 2 aromatic rings. The number of fused-ring (bicyclic) bond motifs is 4. The minimum Gasteiger partial charge on any atom is -0.508 e. The van der Waals surface area contributed by atoms with Crippen LogP contribution in [0.2, 0.25) is 0 Å². The van der Waals surface area contributed by atoms with Gasteiger partial charge in [0.2, 0.25) is 0 Å². The maximum Gasteiger partial charge on any atom is 0.157 e. The number of nitrogens with zero attached hydrogens (tertiary/aromatic N) is 1. The van der Waals surface area contributed by atoms with E-state index in [-0.39, 0.29) is 17.5 Å². The standard InChI is InChI=1S/C17H17NO3/c19-13-2-1-11-9-18-4-3-10-7-16(20)17(21)8-14(10)15(18)6-12(11)5-13/h1-2,5,7-8,15,19-21H,3-4,6,9H2. The molecule has 108 valence electrons. The smallest absolute Gasteiger partial charge is 0.157 e. The first kappa shape index (κ1) is 12.5. The molecule has 2 aliphatic heterocycles. The zero-order chi connectivity index (χ0) is 14.6. The summed E-state index contributed by atoms with van der Waals surface area (Å²) >= 11 is 0. The van der Waals surface area contributed by atoms with Crippen molar-refractivity contribution in [1.29, 1.82) is 0 Å². The Balaban J connectivity index is 1.79. The third-order valence-electron chi connectivity index (χ3n) is 4.68. The normalized spacial score (nSPS) is 20.5. The fourth-order valence-corrected chi connectivity index (χ4v) is 3.59. The molecule has 4 nitrogen and oxygen atoms in total. The third kappa shape index (κ3) is 1.94. The summed E-state index contributed by atoms with van der Waals surface area (Å²) < 4.78 is 0. The highest BCUT2D eigenvalue weighted by molar-refractivity contribution is 5.49. The molecular weight excluding hydrogens is 266 g/mol. The van der Waals surface area contributed by atoms with Crippen molar-refractivity contribution in [1.82, 2.24) is 4.90 Å². The van der Waals surface area contributed by atoms with E-state index >= 15 is 0 Å². The molecule has 0 amide bonds. The average molecular weight is 283 g/mol. The van der Waals surface area contributed by atoms with E-state index in [9.17, 15) is 15.3 Å². The van der Waals surface area contributed by atoms with Gasteiger partial charge in [-0.05, 0) is 59.4 Å². The van der Waals surface area contributed by atoms with Gasteiger partial charge in [-0.15, -0.1) is 0 Å². The van der Waals surface area contributed by atoms with Crippen molar-refractivity contribution in [2.45, 2.75) is 25.4 Å². The second kappa shape index (κ2) is 4.40.